The molecule has 0 amide bonds. The van der Waals surface area contributed by atoms with Crippen LogP contribution in [0, 0.1) is 0 Å². The summed E-state index contributed by atoms with van der Waals surface area (Å²) in [6.07, 6.45) is 1.43. The summed E-state index contributed by atoms with van der Waals surface area (Å²) in [5.41, 5.74) is -1.04. The number of aromatic nitrogens is 6. The fourth-order valence-electron chi connectivity index (χ4n) is 2.80. The number of rotatable bonds is 6. The van der Waals surface area contributed by atoms with Crippen LogP contribution in [0.4, 0.5) is 5.95 Å². The summed E-state index contributed by atoms with van der Waals surface area (Å²) < 4.78 is 8.65. The number of H-pyrrole nitrogens is 1. The second kappa shape index (κ2) is 7.15. The lowest BCUT2D eigenvalue weighted by molar-refractivity contribution is -0.0321. The number of aliphatic hydroxyl groups is 1. The van der Waals surface area contributed by atoms with Crippen molar-refractivity contribution in [3.8, 4) is 0 Å². The van der Waals surface area contributed by atoms with Gasteiger partial charge < -0.3 is 15.2 Å². The topological polar surface area (TPSA) is 140 Å². The lowest BCUT2D eigenvalue weighted by Crippen LogP contribution is -2.31. The third kappa shape index (κ3) is 3.46. The zero-order chi connectivity index (χ0) is 18.0. The number of hydrogen-bond donors (Lipinski definition) is 3. The van der Waals surface area contributed by atoms with E-state index >= 15 is 0 Å². The molecular formula is C14H21N7O4. The third-order valence-electron chi connectivity index (χ3n) is 4.34. The number of anilines is 1. The van der Waals surface area contributed by atoms with E-state index in [0.29, 0.717) is 12.4 Å². The maximum Gasteiger partial charge on any atom is 0.330 e. The first-order valence-electron chi connectivity index (χ1n) is 8.15. The fourth-order valence-corrected chi connectivity index (χ4v) is 2.80. The molecule has 1 aliphatic heterocycles. The molecule has 0 radical (unpaired) electrons. The van der Waals surface area contributed by atoms with Crippen LogP contribution in [-0.2, 0) is 4.74 Å². The normalized spacial score (nSPS) is 24.4. The van der Waals surface area contributed by atoms with E-state index < -0.39 is 23.6 Å². The highest BCUT2D eigenvalue weighted by molar-refractivity contribution is 5.24. The van der Waals surface area contributed by atoms with Crippen LogP contribution in [0.25, 0.3) is 0 Å². The number of nitrogens with one attached hydrogen (secondary N) is 2. The van der Waals surface area contributed by atoms with Crippen LogP contribution in [0.5, 0.6) is 0 Å². The van der Waals surface area contributed by atoms with Crippen molar-refractivity contribution in [2.45, 2.75) is 51.1 Å². The largest absolute Gasteiger partial charge is 0.394 e. The summed E-state index contributed by atoms with van der Waals surface area (Å²) in [6, 6.07) is 1.08. The first-order valence-corrected chi connectivity index (χ1v) is 8.15. The minimum absolute atomic E-state index is 0.178. The number of hydrogen-bond acceptors (Lipinski definition) is 8. The zero-order valence-corrected chi connectivity index (χ0v) is 14.0. The minimum atomic E-state index is -0.632. The molecule has 11 heteroatoms. The van der Waals surface area contributed by atoms with Gasteiger partial charge in [-0.05, 0) is 23.8 Å². The van der Waals surface area contributed by atoms with E-state index in [9.17, 15) is 14.7 Å². The standard InChI is InChI=1S/C14H21N7O4/c1-3-8(2)15-13-17-18-19-21(13)9-6-12(25-10(9)7-22)20-5-4-11(23)16-14(20)24/h4-5,8-10,12,22H,3,6-7H2,1-2H3,(H,15,17,19)(H,16,23,24)/t8?,9-,10+,12+/m0/s1. The minimum Gasteiger partial charge on any atom is -0.394 e. The Morgan fingerprint density at radius 2 is 2.32 bits per heavy atom. The molecule has 1 aliphatic rings. The Kier molecular flexibility index (Phi) is 4.95. The highest BCUT2D eigenvalue weighted by Gasteiger charge is 2.39. The van der Waals surface area contributed by atoms with Crippen molar-refractivity contribution in [1.29, 1.82) is 0 Å². The van der Waals surface area contributed by atoms with Gasteiger partial charge in [-0.3, -0.25) is 14.3 Å². The van der Waals surface area contributed by atoms with Gasteiger partial charge in [0.2, 0.25) is 5.95 Å². The maximum absolute atomic E-state index is 12.0. The van der Waals surface area contributed by atoms with Crippen LogP contribution in [0.3, 0.4) is 0 Å². The molecule has 11 nitrogen and oxygen atoms in total. The van der Waals surface area contributed by atoms with Crippen LogP contribution >= 0.6 is 0 Å². The summed E-state index contributed by atoms with van der Waals surface area (Å²) in [4.78, 5) is 25.4. The summed E-state index contributed by atoms with van der Waals surface area (Å²) in [5, 5.41) is 24.6. The molecule has 0 bridgehead atoms. The molecule has 1 saturated heterocycles. The van der Waals surface area contributed by atoms with Crippen molar-refractivity contribution in [2.75, 3.05) is 11.9 Å². The number of aromatic amines is 1. The number of aliphatic hydroxyl groups excluding tert-OH is 1. The molecule has 3 rings (SSSR count). The van der Waals surface area contributed by atoms with Gasteiger partial charge in [-0.1, -0.05) is 12.0 Å². The van der Waals surface area contributed by atoms with Crippen molar-refractivity contribution in [2.24, 2.45) is 0 Å². The van der Waals surface area contributed by atoms with E-state index in [1.54, 1.807) is 4.68 Å². The molecule has 1 fully saturated rings. The summed E-state index contributed by atoms with van der Waals surface area (Å²) in [7, 11) is 0. The van der Waals surface area contributed by atoms with Crippen LogP contribution in [0.15, 0.2) is 21.9 Å². The molecule has 3 heterocycles. The summed E-state index contributed by atoms with van der Waals surface area (Å²) >= 11 is 0. The van der Waals surface area contributed by atoms with Gasteiger partial charge in [-0.2, -0.15) is 0 Å². The van der Waals surface area contributed by atoms with Crippen LogP contribution < -0.4 is 16.6 Å². The van der Waals surface area contributed by atoms with E-state index in [4.69, 9.17) is 4.74 Å². The predicted octanol–water partition coefficient (Wildman–Crippen LogP) is -0.745. The first kappa shape index (κ1) is 17.3. The molecule has 4 atom stereocenters. The smallest absolute Gasteiger partial charge is 0.330 e. The molecular weight excluding hydrogens is 330 g/mol. The van der Waals surface area contributed by atoms with Crippen molar-refractivity contribution in [1.82, 2.24) is 29.8 Å². The molecule has 2 aromatic heterocycles. The molecule has 0 aromatic carbocycles. The second-order valence-corrected chi connectivity index (χ2v) is 6.03. The number of ether oxygens (including phenoxy) is 1. The molecule has 2 aromatic rings. The SMILES string of the molecule is CCC(C)Nc1nnnn1[C@H]1C[C@H](n2ccc(=O)[nH]c2=O)O[C@@H]1CO. The number of tetrazole rings is 1. The monoisotopic (exact) mass is 351 g/mol. The maximum atomic E-state index is 12.0. The third-order valence-corrected chi connectivity index (χ3v) is 4.34. The molecule has 0 saturated carbocycles. The van der Waals surface area contributed by atoms with E-state index in [2.05, 4.69) is 25.8 Å². The predicted molar refractivity (Wildman–Crippen MR) is 87.2 cm³/mol. The first-order chi connectivity index (χ1) is 12.0. The Hall–Kier alpha value is -2.53. The average Bonchev–Trinajstić information content (AvgIpc) is 3.20. The molecule has 0 aliphatic carbocycles. The van der Waals surface area contributed by atoms with E-state index in [1.807, 2.05) is 13.8 Å². The van der Waals surface area contributed by atoms with Crippen molar-refractivity contribution >= 4 is 5.95 Å². The van der Waals surface area contributed by atoms with Gasteiger partial charge in [0.25, 0.3) is 5.56 Å². The van der Waals surface area contributed by atoms with Crippen LogP contribution in [0.1, 0.15) is 39.0 Å². The Bertz CT molecular complexity index is 829. The van der Waals surface area contributed by atoms with Crippen LogP contribution in [0.2, 0.25) is 0 Å². The Morgan fingerprint density at radius 1 is 1.52 bits per heavy atom. The highest BCUT2D eigenvalue weighted by Crippen LogP contribution is 2.36. The zero-order valence-electron chi connectivity index (χ0n) is 14.0. The van der Waals surface area contributed by atoms with Crippen molar-refractivity contribution < 1.29 is 9.84 Å². The van der Waals surface area contributed by atoms with Gasteiger partial charge in [-0.15, -0.1) is 0 Å². The average molecular weight is 351 g/mol. The second-order valence-electron chi connectivity index (χ2n) is 6.03. The van der Waals surface area contributed by atoms with Crippen molar-refractivity contribution in [3.05, 3.63) is 33.1 Å². The van der Waals surface area contributed by atoms with Gasteiger partial charge in [0, 0.05) is 24.7 Å². The molecule has 1 unspecified atom stereocenters. The Labute approximate surface area is 142 Å². The van der Waals surface area contributed by atoms with Crippen molar-refractivity contribution in [3.63, 3.8) is 0 Å². The number of nitrogens with zero attached hydrogens (tertiary/aromatic N) is 5. The van der Waals surface area contributed by atoms with Gasteiger partial charge in [0.05, 0.1) is 12.6 Å². The van der Waals surface area contributed by atoms with E-state index in [1.165, 1.54) is 16.8 Å². The Balaban J connectivity index is 1.87. The fraction of sp³-hybridized carbons (Fsp3) is 0.643. The molecule has 3 N–H and O–H groups in total. The van der Waals surface area contributed by atoms with Gasteiger partial charge in [-0.25, -0.2) is 9.48 Å². The molecule has 25 heavy (non-hydrogen) atoms. The van der Waals surface area contributed by atoms with E-state index in [0.717, 1.165) is 6.42 Å². The van der Waals surface area contributed by atoms with Crippen LogP contribution in [-0.4, -0.2) is 53.6 Å². The van der Waals surface area contributed by atoms with Gasteiger partial charge in [0.15, 0.2) is 0 Å². The molecule has 136 valence electrons. The lowest BCUT2D eigenvalue weighted by Gasteiger charge is -2.18. The summed E-state index contributed by atoms with van der Waals surface area (Å²) in [6.45, 7) is 3.80. The molecule has 0 spiro atoms. The summed E-state index contributed by atoms with van der Waals surface area (Å²) in [5.74, 6) is 0.482. The van der Waals surface area contributed by atoms with Gasteiger partial charge in [0.1, 0.15) is 12.3 Å². The van der Waals surface area contributed by atoms with Gasteiger partial charge >= 0.3 is 5.69 Å². The highest BCUT2D eigenvalue weighted by atomic mass is 16.5. The van der Waals surface area contributed by atoms with E-state index in [-0.39, 0.29) is 18.7 Å². The lowest BCUT2D eigenvalue weighted by atomic mass is 10.1. The quantitative estimate of drug-likeness (QED) is 0.618. The Morgan fingerprint density at radius 3 is 3.00 bits per heavy atom.